The lowest BCUT2D eigenvalue weighted by Gasteiger charge is -2.32. The van der Waals surface area contributed by atoms with Crippen LogP contribution in [0.25, 0.3) is 0 Å². The standard InChI is InChI=1S/C25H32N2O2S/c1-29-22-9-5-4-8-21(22)25(13-14-25)24(28)26-17-19-11-15-27(16-12-19)18-20-7-3-6-10-23(20)30-2/h3-10,19H,11-18H2,1-2H3,(H,26,28). The fourth-order valence-electron chi connectivity index (χ4n) is 4.61. The number of amides is 1. The number of nitrogens with zero attached hydrogens (tertiary/aromatic N) is 1. The van der Waals surface area contributed by atoms with Crippen molar-refractivity contribution in [2.24, 2.45) is 5.92 Å². The molecule has 30 heavy (non-hydrogen) atoms. The van der Waals surface area contributed by atoms with Crippen LogP contribution in [-0.2, 0) is 16.8 Å². The number of thioether (sulfide) groups is 1. The predicted octanol–water partition coefficient (Wildman–Crippen LogP) is 4.48. The third kappa shape index (κ3) is 4.52. The van der Waals surface area contributed by atoms with Crippen LogP contribution in [0.4, 0.5) is 0 Å². The van der Waals surface area contributed by atoms with Crippen LogP contribution < -0.4 is 10.1 Å². The van der Waals surface area contributed by atoms with E-state index in [1.54, 1.807) is 7.11 Å². The maximum absolute atomic E-state index is 13.0. The van der Waals surface area contributed by atoms with Crippen molar-refractivity contribution >= 4 is 17.7 Å². The Morgan fingerprint density at radius 3 is 2.53 bits per heavy atom. The summed E-state index contributed by atoms with van der Waals surface area (Å²) in [5.74, 6) is 1.56. The Balaban J connectivity index is 1.27. The molecule has 0 unspecified atom stereocenters. The van der Waals surface area contributed by atoms with Gasteiger partial charge in [0, 0.05) is 23.5 Å². The summed E-state index contributed by atoms with van der Waals surface area (Å²) in [6, 6.07) is 16.6. The van der Waals surface area contributed by atoms with Crippen molar-refractivity contribution in [3.8, 4) is 5.75 Å². The third-order valence-electron chi connectivity index (χ3n) is 6.65. The highest BCUT2D eigenvalue weighted by Crippen LogP contribution is 2.51. The number of hydrogen-bond acceptors (Lipinski definition) is 4. The van der Waals surface area contributed by atoms with Crippen LogP contribution in [0.1, 0.15) is 36.8 Å². The van der Waals surface area contributed by atoms with Gasteiger partial charge >= 0.3 is 0 Å². The molecule has 4 nitrogen and oxygen atoms in total. The Kier molecular flexibility index (Phi) is 6.69. The Labute approximate surface area is 184 Å². The van der Waals surface area contributed by atoms with E-state index >= 15 is 0 Å². The van der Waals surface area contributed by atoms with Crippen LogP contribution in [0.5, 0.6) is 5.75 Å². The molecular weight excluding hydrogens is 392 g/mol. The maximum Gasteiger partial charge on any atom is 0.230 e. The zero-order chi connectivity index (χ0) is 21.0. The summed E-state index contributed by atoms with van der Waals surface area (Å²) in [5.41, 5.74) is 2.07. The quantitative estimate of drug-likeness (QED) is 0.635. The van der Waals surface area contributed by atoms with Gasteiger partial charge in [0.25, 0.3) is 0 Å². The van der Waals surface area contributed by atoms with Crippen LogP contribution in [0.3, 0.4) is 0 Å². The molecule has 1 saturated carbocycles. The lowest BCUT2D eigenvalue weighted by molar-refractivity contribution is -0.123. The number of ether oxygens (including phenoxy) is 1. The van der Waals surface area contributed by atoms with E-state index in [0.717, 1.165) is 63.2 Å². The first-order valence-electron chi connectivity index (χ1n) is 10.9. The van der Waals surface area contributed by atoms with E-state index in [9.17, 15) is 4.79 Å². The molecular formula is C25H32N2O2S. The fourth-order valence-corrected chi connectivity index (χ4v) is 5.22. The van der Waals surface area contributed by atoms with Crippen molar-refractivity contribution in [2.75, 3.05) is 33.0 Å². The number of likely N-dealkylation sites (tertiary alicyclic amines) is 1. The number of benzene rings is 2. The molecule has 2 aliphatic rings. The van der Waals surface area contributed by atoms with Crippen molar-refractivity contribution in [1.29, 1.82) is 0 Å². The van der Waals surface area contributed by atoms with E-state index < -0.39 is 0 Å². The summed E-state index contributed by atoms with van der Waals surface area (Å²) < 4.78 is 5.51. The van der Waals surface area contributed by atoms with Crippen LogP contribution in [0.2, 0.25) is 0 Å². The highest BCUT2D eigenvalue weighted by Gasteiger charge is 2.52. The van der Waals surface area contributed by atoms with Gasteiger partial charge in [0.05, 0.1) is 12.5 Å². The minimum absolute atomic E-state index is 0.170. The zero-order valence-corrected chi connectivity index (χ0v) is 18.8. The largest absolute Gasteiger partial charge is 0.496 e. The second kappa shape index (κ2) is 9.44. The Morgan fingerprint density at radius 2 is 1.83 bits per heavy atom. The molecule has 0 spiro atoms. The summed E-state index contributed by atoms with van der Waals surface area (Å²) in [6.45, 7) is 4.00. The molecule has 1 saturated heterocycles. The van der Waals surface area contributed by atoms with Gasteiger partial charge in [-0.15, -0.1) is 11.8 Å². The van der Waals surface area contributed by atoms with E-state index in [4.69, 9.17) is 4.74 Å². The number of para-hydroxylation sites is 1. The molecule has 0 radical (unpaired) electrons. The average Bonchev–Trinajstić information content (AvgIpc) is 3.61. The van der Waals surface area contributed by atoms with Crippen molar-refractivity contribution in [2.45, 2.75) is 42.5 Å². The van der Waals surface area contributed by atoms with E-state index in [2.05, 4.69) is 40.7 Å². The zero-order valence-electron chi connectivity index (χ0n) is 18.0. The number of methoxy groups -OCH3 is 1. The van der Waals surface area contributed by atoms with Gasteiger partial charge in [-0.3, -0.25) is 9.69 Å². The van der Waals surface area contributed by atoms with E-state index in [-0.39, 0.29) is 11.3 Å². The van der Waals surface area contributed by atoms with Crippen LogP contribution in [0, 0.1) is 5.92 Å². The Morgan fingerprint density at radius 1 is 1.13 bits per heavy atom. The molecule has 2 aromatic carbocycles. The maximum atomic E-state index is 13.0. The lowest BCUT2D eigenvalue weighted by atomic mass is 9.92. The normalized spacial score (nSPS) is 18.7. The van der Waals surface area contributed by atoms with Gasteiger partial charge in [0.15, 0.2) is 0 Å². The Hall–Kier alpha value is -1.98. The molecule has 4 rings (SSSR count). The van der Waals surface area contributed by atoms with Gasteiger partial charge in [-0.25, -0.2) is 0 Å². The first kappa shape index (κ1) is 21.3. The van der Waals surface area contributed by atoms with E-state index in [0.29, 0.717) is 5.92 Å². The average molecular weight is 425 g/mol. The van der Waals surface area contributed by atoms with Crippen LogP contribution in [0.15, 0.2) is 53.4 Å². The molecule has 0 aromatic heterocycles. The van der Waals surface area contributed by atoms with Crippen LogP contribution in [-0.4, -0.2) is 43.8 Å². The van der Waals surface area contributed by atoms with E-state index in [1.165, 1.54) is 10.5 Å². The highest BCUT2D eigenvalue weighted by atomic mass is 32.2. The molecule has 2 fully saturated rings. The molecule has 1 N–H and O–H groups in total. The summed E-state index contributed by atoms with van der Waals surface area (Å²) in [4.78, 5) is 17.0. The van der Waals surface area contributed by atoms with Gasteiger partial charge in [-0.1, -0.05) is 36.4 Å². The summed E-state index contributed by atoms with van der Waals surface area (Å²) in [7, 11) is 1.68. The number of carbonyl (C=O) groups excluding carboxylic acids is 1. The first-order valence-corrected chi connectivity index (χ1v) is 12.1. The molecule has 2 aromatic rings. The molecule has 1 aliphatic heterocycles. The van der Waals surface area contributed by atoms with Crippen LogP contribution >= 0.6 is 11.8 Å². The van der Waals surface area contributed by atoms with Crippen molar-refractivity contribution < 1.29 is 9.53 Å². The van der Waals surface area contributed by atoms with Crippen molar-refractivity contribution in [3.05, 3.63) is 59.7 Å². The number of hydrogen-bond donors (Lipinski definition) is 1. The molecule has 1 amide bonds. The summed E-state index contributed by atoms with van der Waals surface area (Å²) in [6.07, 6.45) is 6.25. The summed E-state index contributed by atoms with van der Waals surface area (Å²) in [5, 5.41) is 3.27. The Bertz CT molecular complexity index is 873. The smallest absolute Gasteiger partial charge is 0.230 e. The van der Waals surface area contributed by atoms with Crippen molar-refractivity contribution in [3.63, 3.8) is 0 Å². The monoisotopic (exact) mass is 424 g/mol. The lowest BCUT2D eigenvalue weighted by Crippen LogP contribution is -2.41. The fraction of sp³-hybridized carbons (Fsp3) is 0.480. The summed E-state index contributed by atoms with van der Waals surface area (Å²) >= 11 is 1.82. The van der Waals surface area contributed by atoms with E-state index in [1.807, 2.05) is 36.0 Å². The number of rotatable bonds is 8. The number of piperidine rings is 1. The second-order valence-electron chi connectivity index (χ2n) is 8.52. The predicted molar refractivity (Wildman–Crippen MR) is 123 cm³/mol. The third-order valence-corrected chi connectivity index (χ3v) is 7.49. The molecule has 0 bridgehead atoms. The molecule has 5 heteroatoms. The van der Waals surface area contributed by atoms with Gasteiger partial charge in [0.2, 0.25) is 5.91 Å². The molecule has 0 atom stereocenters. The topological polar surface area (TPSA) is 41.6 Å². The highest BCUT2D eigenvalue weighted by molar-refractivity contribution is 7.98. The molecule has 1 heterocycles. The second-order valence-corrected chi connectivity index (χ2v) is 9.37. The molecule has 160 valence electrons. The van der Waals surface area contributed by atoms with Gasteiger partial charge < -0.3 is 10.1 Å². The number of carbonyl (C=O) groups is 1. The molecule has 1 aliphatic carbocycles. The SMILES string of the molecule is COc1ccccc1C1(C(=O)NCC2CCN(Cc3ccccc3SC)CC2)CC1. The van der Waals surface area contributed by atoms with Crippen molar-refractivity contribution in [1.82, 2.24) is 10.2 Å². The van der Waals surface area contributed by atoms with Gasteiger partial charge in [-0.05, 0) is 68.6 Å². The van der Waals surface area contributed by atoms with Gasteiger partial charge in [0.1, 0.15) is 5.75 Å². The number of nitrogens with one attached hydrogen (secondary N) is 1. The van der Waals surface area contributed by atoms with Gasteiger partial charge in [-0.2, -0.15) is 0 Å². The minimum Gasteiger partial charge on any atom is -0.496 e. The first-order chi connectivity index (χ1) is 14.7. The minimum atomic E-state index is -0.380.